The molecule has 10 heteroatoms. The lowest BCUT2D eigenvalue weighted by Crippen LogP contribution is -2.50. The van der Waals surface area contributed by atoms with Gasteiger partial charge in [-0.15, -0.1) is 11.3 Å². The van der Waals surface area contributed by atoms with E-state index in [4.69, 9.17) is 9.26 Å². The SMILES string of the molecule is CC(C)(C)OC(=O)N1CCN(CCC(F)(F)CCCC(=O)c2cc(-c3cccs3)on2)CC1. The van der Waals surface area contributed by atoms with Crippen molar-refractivity contribution >= 4 is 23.2 Å². The Kier molecular flexibility index (Phi) is 8.23. The molecule has 1 saturated heterocycles. The minimum absolute atomic E-state index is 0.000562. The van der Waals surface area contributed by atoms with E-state index in [1.165, 1.54) is 11.3 Å². The Balaban J connectivity index is 1.35. The first-order valence-corrected chi connectivity index (χ1v) is 12.0. The van der Waals surface area contributed by atoms with Gasteiger partial charge in [-0.1, -0.05) is 11.2 Å². The van der Waals surface area contributed by atoms with Crippen molar-refractivity contribution < 1.29 is 27.6 Å². The van der Waals surface area contributed by atoms with Crippen LogP contribution in [0.2, 0.25) is 0 Å². The molecule has 0 aliphatic carbocycles. The molecule has 33 heavy (non-hydrogen) atoms. The molecule has 0 spiro atoms. The lowest BCUT2D eigenvalue weighted by atomic mass is 10.0. The van der Waals surface area contributed by atoms with Gasteiger partial charge in [0.15, 0.2) is 11.5 Å². The van der Waals surface area contributed by atoms with Crippen molar-refractivity contribution in [1.29, 1.82) is 0 Å². The van der Waals surface area contributed by atoms with Crippen molar-refractivity contribution in [1.82, 2.24) is 15.0 Å². The molecule has 182 valence electrons. The van der Waals surface area contributed by atoms with Crippen LogP contribution in [0.4, 0.5) is 13.6 Å². The van der Waals surface area contributed by atoms with Crippen molar-refractivity contribution in [3.8, 4) is 10.6 Å². The average Bonchev–Trinajstić information content (AvgIpc) is 3.43. The van der Waals surface area contributed by atoms with Crippen molar-refractivity contribution in [3.05, 3.63) is 29.3 Å². The summed E-state index contributed by atoms with van der Waals surface area (Å²) in [5.74, 6) is -2.64. The van der Waals surface area contributed by atoms with Crippen molar-refractivity contribution in [2.75, 3.05) is 32.7 Å². The number of piperazine rings is 1. The molecule has 3 heterocycles. The Morgan fingerprint density at radius 1 is 1.18 bits per heavy atom. The molecule has 1 aliphatic heterocycles. The molecular formula is C23H31F2N3O4S. The van der Waals surface area contributed by atoms with Crippen LogP contribution in [0.5, 0.6) is 0 Å². The minimum atomic E-state index is -2.85. The number of aromatic nitrogens is 1. The maximum atomic E-state index is 14.4. The zero-order chi connectivity index (χ0) is 24.1. The number of ether oxygens (including phenoxy) is 1. The topological polar surface area (TPSA) is 75.9 Å². The quantitative estimate of drug-likeness (QED) is 0.449. The molecule has 1 amide bonds. The molecule has 3 rings (SSSR count). The van der Waals surface area contributed by atoms with Gasteiger partial charge in [0, 0.05) is 58.1 Å². The predicted octanol–water partition coefficient (Wildman–Crippen LogP) is 5.33. The van der Waals surface area contributed by atoms with E-state index < -0.39 is 11.5 Å². The standard InChI is InChI=1S/C23H31F2N3O4S/c1-22(2,3)31-21(30)28-13-11-27(12-14-28)10-9-23(24,25)8-4-6-18(29)17-16-19(32-26-17)20-7-5-15-33-20/h5,7,15-16H,4,6,8-14H2,1-3H3. The second-order valence-electron chi connectivity index (χ2n) is 9.25. The molecule has 0 unspecified atom stereocenters. The molecule has 0 aromatic carbocycles. The second-order valence-corrected chi connectivity index (χ2v) is 10.2. The second kappa shape index (κ2) is 10.7. The Morgan fingerprint density at radius 2 is 1.91 bits per heavy atom. The highest BCUT2D eigenvalue weighted by Crippen LogP contribution is 2.28. The summed E-state index contributed by atoms with van der Waals surface area (Å²) in [6.45, 7) is 7.66. The summed E-state index contributed by atoms with van der Waals surface area (Å²) >= 11 is 1.47. The van der Waals surface area contributed by atoms with E-state index in [0.29, 0.717) is 31.9 Å². The first-order valence-electron chi connectivity index (χ1n) is 11.1. The number of hydrogen-bond donors (Lipinski definition) is 0. The Bertz CT molecular complexity index is 917. The van der Waals surface area contributed by atoms with Gasteiger partial charge < -0.3 is 14.2 Å². The predicted molar refractivity (Wildman–Crippen MR) is 122 cm³/mol. The number of halogens is 2. The van der Waals surface area contributed by atoms with Gasteiger partial charge in [-0.2, -0.15) is 0 Å². The third-order valence-electron chi connectivity index (χ3n) is 5.32. The highest BCUT2D eigenvalue weighted by atomic mass is 32.1. The fourth-order valence-corrected chi connectivity index (χ4v) is 4.18. The highest BCUT2D eigenvalue weighted by Gasteiger charge is 2.31. The zero-order valence-corrected chi connectivity index (χ0v) is 20.1. The maximum Gasteiger partial charge on any atom is 0.410 e. The van der Waals surface area contributed by atoms with E-state index in [-0.39, 0.29) is 49.8 Å². The maximum absolute atomic E-state index is 14.4. The number of nitrogens with zero attached hydrogens (tertiary/aromatic N) is 3. The molecule has 1 fully saturated rings. The van der Waals surface area contributed by atoms with Crippen LogP contribution in [-0.2, 0) is 4.74 Å². The van der Waals surface area contributed by atoms with Crippen LogP contribution in [0.1, 0.15) is 56.9 Å². The average molecular weight is 484 g/mol. The number of Topliss-reactive ketones (excluding diaryl/α,β-unsaturated/α-hetero) is 1. The molecule has 0 radical (unpaired) electrons. The van der Waals surface area contributed by atoms with Gasteiger partial charge in [0.2, 0.25) is 5.92 Å². The normalized spacial score (nSPS) is 15.6. The fourth-order valence-electron chi connectivity index (χ4n) is 3.50. The lowest BCUT2D eigenvalue weighted by molar-refractivity contribution is -0.0304. The van der Waals surface area contributed by atoms with E-state index in [0.717, 1.165) is 4.88 Å². The van der Waals surface area contributed by atoms with E-state index >= 15 is 0 Å². The Morgan fingerprint density at radius 3 is 2.55 bits per heavy atom. The summed E-state index contributed by atoms with van der Waals surface area (Å²) in [6, 6.07) is 5.29. The number of carbonyl (C=O) groups is 2. The smallest absolute Gasteiger partial charge is 0.410 e. The van der Waals surface area contributed by atoms with Gasteiger partial charge in [0.05, 0.1) is 4.88 Å². The summed E-state index contributed by atoms with van der Waals surface area (Å²) in [7, 11) is 0. The molecule has 0 N–H and O–H groups in total. The number of carbonyl (C=O) groups excluding carboxylic acids is 2. The third kappa shape index (κ3) is 7.89. The summed E-state index contributed by atoms with van der Waals surface area (Å²) in [5, 5.41) is 5.66. The van der Waals surface area contributed by atoms with Gasteiger partial charge in [0.1, 0.15) is 11.3 Å². The molecule has 7 nitrogen and oxygen atoms in total. The highest BCUT2D eigenvalue weighted by molar-refractivity contribution is 7.13. The van der Waals surface area contributed by atoms with Gasteiger partial charge in [-0.05, 0) is 38.6 Å². The van der Waals surface area contributed by atoms with Crippen LogP contribution in [0.25, 0.3) is 10.6 Å². The first kappa shape index (κ1) is 25.3. The van der Waals surface area contributed by atoms with Crippen molar-refractivity contribution in [2.24, 2.45) is 0 Å². The molecule has 0 saturated carbocycles. The van der Waals surface area contributed by atoms with Crippen molar-refractivity contribution in [3.63, 3.8) is 0 Å². The van der Waals surface area contributed by atoms with Crippen molar-refractivity contribution in [2.45, 2.75) is 58.0 Å². The largest absolute Gasteiger partial charge is 0.444 e. The minimum Gasteiger partial charge on any atom is -0.444 e. The summed E-state index contributed by atoms with van der Waals surface area (Å²) in [4.78, 5) is 28.8. The van der Waals surface area contributed by atoms with E-state index in [1.807, 2.05) is 43.2 Å². The van der Waals surface area contributed by atoms with Crippen LogP contribution in [0.15, 0.2) is 28.1 Å². The van der Waals surface area contributed by atoms with Crippen LogP contribution < -0.4 is 0 Å². The van der Waals surface area contributed by atoms with E-state index in [1.54, 1.807) is 11.0 Å². The molecular weight excluding hydrogens is 452 g/mol. The van der Waals surface area contributed by atoms with Crippen LogP contribution >= 0.6 is 11.3 Å². The first-order chi connectivity index (χ1) is 15.5. The molecule has 0 atom stereocenters. The number of alkyl halides is 2. The lowest BCUT2D eigenvalue weighted by Gasteiger charge is -2.36. The summed E-state index contributed by atoms with van der Waals surface area (Å²) < 4.78 is 39.3. The summed E-state index contributed by atoms with van der Waals surface area (Å²) in [5.41, 5.74) is -0.387. The van der Waals surface area contributed by atoms with Gasteiger partial charge in [0.25, 0.3) is 0 Å². The van der Waals surface area contributed by atoms with Crippen LogP contribution in [0, 0.1) is 0 Å². The van der Waals surface area contributed by atoms with Crippen LogP contribution in [-0.4, -0.2) is 71.1 Å². The monoisotopic (exact) mass is 483 g/mol. The number of hydrogen-bond acceptors (Lipinski definition) is 7. The molecule has 1 aliphatic rings. The fraction of sp³-hybridized carbons (Fsp3) is 0.609. The van der Waals surface area contributed by atoms with Gasteiger partial charge in [-0.3, -0.25) is 9.69 Å². The summed E-state index contributed by atoms with van der Waals surface area (Å²) in [6.07, 6.45) is -0.918. The zero-order valence-electron chi connectivity index (χ0n) is 19.3. The third-order valence-corrected chi connectivity index (χ3v) is 6.21. The number of amides is 1. The Hall–Kier alpha value is -2.33. The van der Waals surface area contributed by atoms with Crippen LogP contribution in [0.3, 0.4) is 0 Å². The molecule has 2 aromatic rings. The molecule has 2 aromatic heterocycles. The number of ketones is 1. The Labute approximate surface area is 196 Å². The number of rotatable bonds is 9. The van der Waals surface area contributed by atoms with Gasteiger partial charge in [-0.25, -0.2) is 13.6 Å². The molecule has 0 bridgehead atoms. The number of thiophene rings is 1. The van der Waals surface area contributed by atoms with E-state index in [9.17, 15) is 18.4 Å². The van der Waals surface area contributed by atoms with Gasteiger partial charge >= 0.3 is 6.09 Å². The van der Waals surface area contributed by atoms with E-state index in [2.05, 4.69) is 5.16 Å².